The molecule has 276 valence electrons. The highest BCUT2D eigenvalue weighted by molar-refractivity contribution is 5.84. The maximum absolute atomic E-state index is 14.6. The third-order valence-corrected chi connectivity index (χ3v) is 17.3. The highest BCUT2D eigenvalue weighted by Gasteiger charge is 2.71. The summed E-state index contributed by atoms with van der Waals surface area (Å²) < 4.78 is 6.15. The summed E-state index contributed by atoms with van der Waals surface area (Å²) in [5.41, 5.74) is -1.90. The molecule has 0 aromatic rings. The second-order valence-electron chi connectivity index (χ2n) is 19.8. The van der Waals surface area contributed by atoms with Crippen LogP contribution in [0.2, 0.25) is 0 Å². The van der Waals surface area contributed by atoms with E-state index in [4.69, 9.17) is 4.74 Å². The molecule has 1 heterocycles. The van der Waals surface area contributed by atoms with Crippen molar-refractivity contribution in [3.63, 3.8) is 0 Å². The van der Waals surface area contributed by atoms with Crippen LogP contribution in [-0.2, 0) is 23.9 Å². The number of nitrogens with zero attached hydrogens (tertiary/aromatic N) is 1. The lowest BCUT2D eigenvalue weighted by molar-refractivity contribution is -0.248. The zero-order valence-corrected chi connectivity index (χ0v) is 31.8. The molecule has 0 bridgehead atoms. The highest BCUT2D eigenvalue weighted by Crippen LogP contribution is 2.77. The molecule has 6 aliphatic rings. The van der Waals surface area contributed by atoms with E-state index in [2.05, 4.69) is 39.5 Å². The molecular formula is C41H65NO7. The summed E-state index contributed by atoms with van der Waals surface area (Å²) >= 11 is 0. The third kappa shape index (κ3) is 5.24. The Kier molecular flexibility index (Phi) is 8.95. The van der Waals surface area contributed by atoms with Gasteiger partial charge in [0.15, 0.2) is 0 Å². The molecule has 0 spiro atoms. The Bertz CT molecular complexity index is 1360. The van der Waals surface area contributed by atoms with Crippen LogP contribution in [0.5, 0.6) is 0 Å². The van der Waals surface area contributed by atoms with Crippen molar-refractivity contribution >= 4 is 23.8 Å². The lowest BCUT2D eigenvalue weighted by Crippen LogP contribution is -2.67. The number of hydrogen-bond acceptors (Lipinski definition) is 5. The zero-order valence-electron chi connectivity index (χ0n) is 31.8. The SMILES string of the molecule is CCC1(C(=O)O)CCN(C(=O)[C@]23CCCC2[C@H]2CCC4[C@@]5(C)CC[C@H](OC(=O)CC(C)(C)C(=O)O)C(C)(C)C5CC[C@@]4(C)[C@]2(C)CC3)CC1. The summed E-state index contributed by atoms with van der Waals surface area (Å²) in [6.45, 7) is 18.6. The van der Waals surface area contributed by atoms with Gasteiger partial charge in [0.2, 0.25) is 5.91 Å². The molecule has 8 nitrogen and oxygen atoms in total. The lowest BCUT2D eigenvalue weighted by Gasteiger charge is -2.72. The maximum Gasteiger partial charge on any atom is 0.309 e. The van der Waals surface area contributed by atoms with Crippen LogP contribution in [0.25, 0.3) is 0 Å². The van der Waals surface area contributed by atoms with Crippen molar-refractivity contribution in [2.45, 2.75) is 158 Å². The zero-order chi connectivity index (χ0) is 36.0. The minimum atomic E-state index is -1.15. The van der Waals surface area contributed by atoms with Gasteiger partial charge in [-0.3, -0.25) is 19.2 Å². The molecule has 2 N–H and O–H groups in total. The first-order chi connectivity index (χ1) is 22.7. The third-order valence-electron chi connectivity index (χ3n) is 17.3. The van der Waals surface area contributed by atoms with Crippen LogP contribution >= 0.6 is 0 Å². The molecule has 9 atom stereocenters. The molecule has 3 unspecified atom stereocenters. The molecule has 1 saturated heterocycles. The number of fused-ring (bicyclic) bond motifs is 7. The lowest BCUT2D eigenvalue weighted by atomic mass is 9.32. The first-order valence-corrected chi connectivity index (χ1v) is 19.7. The fourth-order valence-electron chi connectivity index (χ4n) is 13.9. The van der Waals surface area contributed by atoms with Crippen LogP contribution in [0.4, 0.5) is 0 Å². The topological polar surface area (TPSA) is 121 Å². The van der Waals surface area contributed by atoms with Crippen molar-refractivity contribution in [3.8, 4) is 0 Å². The van der Waals surface area contributed by atoms with Crippen LogP contribution in [0, 0.1) is 61.6 Å². The van der Waals surface area contributed by atoms with E-state index in [1.54, 1.807) is 13.8 Å². The molecule has 49 heavy (non-hydrogen) atoms. The van der Waals surface area contributed by atoms with E-state index in [0.29, 0.717) is 61.9 Å². The largest absolute Gasteiger partial charge is 0.481 e. The Morgan fingerprint density at radius 2 is 1.43 bits per heavy atom. The van der Waals surface area contributed by atoms with Crippen LogP contribution < -0.4 is 0 Å². The van der Waals surface area contributed by atoms with Crippen molar-refractivity contribution in [1.29, 1.82) is 0 Å². The summed E-state index contributed by atoms with van der Waals surface area (Å²) in [6, 6.07) is 0. The van der Waals surface area contributed by atoms with Gasteiger partial charge in [0.25, 0.3) is 0 Å². The van der Waals surface area contributed by atoms with Crippen molar-refractivity contribution < 1.29 is 34.1 Å². The summed E-state index contributed by atoms with van der Waals surface area (Å²) in [7, 11) is 0. The van der Waals surface area contributed by atoms with Gasteiger partial charge in [0.05, 0.1) is 22.7 Å². The van der Waals surface area contributed by atoms with E-state index in [-0.39, 0.29) is 39.6 Å². The van der Waals surface area contributed by atoms with E-state index >= 15 is 0 Å². The molecule has 1 aliphatic heterocycles. The normalized spacial score (nSPS) is 42.5. The Morgan fingerprint density at radius 3 is 2.04 bits per heavy atom. The molecule has 5 saturated carbocycles. The van der Waals surface area contributed by atoms with Gasteiger partial charge in [-0.1, -0.05) is 48.0 Å². The van der Waals surface area contributed by atoms with Crippen LogP contribution in [-0.4, -0.2) is 58.1 Å². The number of piperidine rings is 1. The van der Waals surface area contributed by atoms with Crippen molar-refractivity contribution in [1.82, 2.24) is 4.90 Å². The van der Waals surface area contributed by atoms with Crippen molar-refractivity contribution in [3.05, 3.63) is 0 Å². The summed E-state index contributed by atoms with van der Waals surface area (Å²) in [4.78, 5) is 53.5. The first-order valence-electron chi connectivity index (χ1n) is 19.7. The first kappa shape index (κ1) is 36.7. The predicted molar refractivity (Wildman–Crippen MR) is 187 cm³/mol. The number of carbonyl (C=O) groups is 4. The molecule has 0 aromatic carbocycles. The molecule has 0 radical (unpaired) electrons. The van der Waals surface area contributed by atoms with Gasteiger partial charge in [-0.05, 0) is 137 Å². The number of ether oxygens (including phenoxy) is 1. The van der Waals surface area contributed by atoms with E-state index < -0.39 is 28.7 Å². The van der Waals surface area contributed by atoms with Crippen LogP contribution in [0.1, 0.15) is 152 Å². The molecule has 8 heteroatoms. The Hall–Kier alpha value is -2.12. The van der Waals surface area contributed by atoms with Gasteiger partial charge >= 0.3 is 17.9 Å². The fraction of sp³-hybridized carbons (Fsp3) is 0.902. The minimum absolute atomic E-state index is 0.122. The molecule has 5 aliphatic carbocycles. The monoisotopic (exact) mass is 683 g/mol. The van der Waals surface area contributed by atoms with Gasteiger partial charge in [-0.2, -0.15) is 0 Å². The maximum atomic E-state index is 14.6. The van der Waals surface area contributed by atoms with Crippen LogP contribution in [0.15, 0.2) is 0 Å². The minimum Gasteiger partial charge on any atom is -0.481 e. The number of aliphatic carboxylic acids is 2. The summed E-state index contributed by atoms with van der Waals surface area (Å²) in [6.07, 6.45) is 13.1. The van der Waals surface area contributed by atoms with Crippen molar-refractivity contribution in [2.24, 2.45) is 61.6 Å². The smallest absolute Gasteiger partial charge is 0.309 e. The Labute approximate surface area is 294 Å². The standard InChI is InChI=1S/C41H65NO7/c1-9-40(34(47)48)21-23-42(24-22-40)32(44)41-16-10-11-27(41)26-12-13-29-37(6)17-15-30(49-31(43)25-35(2,3)33(45)46)36(4,5)28(37)14-18-39(29,8)38(26,7)19-20-41/h26-30H,9-25H2,1-8H3,(H,45,46)(H,47,48)/t26-,27?,28?,29?,30+,37+,38-,39-,41+/m1/s1. The number of carboxylic acid groups (broad SMARTS) is 2. The Balaban J connectivity index is 1.20. The molecular weight excluding hydrogens is 618 g/mol. The summed E-state index contributed by atoms with van der Waals surface area (Å²) in [5.74, 6) is 0.130. The van der Waals surface area contributed by atoms with E-state index in [1.165, 1.54) is 12.8 Å². The van der Waals surface area contributed by atoms with E-state index in [1.807, 2.05) is 6.92 Å². The number of hydrogen-bond donors (Lipinski definition) is 2. The van der Waals surface area contributed by atoms with Crippen LogP contribution in [0.3, 0.4) is 0 Å². The van der Waals surface area contributed by atoms with Gasteiger partial charge in [-0.25, -0.2) is 0 Å². The van der Waals surface area contributed by atoms with E-state index in [0.717, 1.165) is 57.8 Å². The number of likely N-dealkylation sites (tertiary alicyclic amines) is 1. The van der Waals surface area contributed by atoms with E-state index in [9.17, 15) is 29.4 Å². The number of rotatable bonds is 7. The quantitative estimate of drug-likeness (QED) is 0.259. The molecule has 1 amide bonds. The van der Waals surface area contributed by atoms with Crippen molar-refractivity contribution in [2.75, 3.05) is 13.1 Å². The highest BCUT2D eigenvalue weighted by atomic mass is 16.5. The number of carbonyl (C=O) groups excluding carboxylic acids is 2. The number of amides is 1. The van der Waals surface area contributed by atoms with Gasteiger partial charge in [0, 0.05) is 18.5 Å². The number of esters is 1. The average Bonchev–Trinajstić information content (AvgIpc) is 3.47. The second-order valence-corrected chi connectivity index (χ2v) is 19.8. The van der Waals surface area contributed by atoms with Gasteiger partial charge < -0.3 is 19.8 Å². The number of carboxylic acids is 2. The second kappa shape index (κ2) is 12.0. The fourth-order valence-corrected chi connectivity index (χ4v) is 13.9. The average molecular weight is 684 g/mol. The Morgan fingerprint density at radius 1 is 0.755 bits per heavy atom. The molecule has 6 fully saturated rings. The molecule has 6 rings (SSSR count). The van der Waals surface area contributed by atoms with Gasteiger partial charge in [-0.15, -0.1) is 0 Å². The summed E-state index contributed by atoms with van der Waals surface area (Å²) in [5, 5.41) is 19.5. The molecule has 0 aromatic heterocycles. The predicted octanol–water partition coefficient (Wildman–Crippen LogP) is 8.36. The van der Waals surface area contributed by atoms with Gasteiger partial charge in [0.1, 0.15) is 6.10 Å².